The van der Waals surface area contributed by atoms with Crippen LogP contribution in [0.5, 0.6) is 11.5 Å². The number of carbonyl (C=O) groups excluding carboxylic acids is 4. The number of anilines is 1. The molecule has 11 heteroatoms. The number of nitrogens with zero attached hydrogens (tertiary/aromatic N) is 2. The molecule has 8 nitrogen and oxygen atoms in total. The first-order valence-electron chi connectivity index (χ1n) is 14.5. The molecule has 0 aromatic heterocycles. The van der Waals surface area contributed by atoms with E-state index in [1.165, 1.54) is 30.2 Å². The molecule has 2 saturated heterocycles. The van der Waals surface area contributed by atoms with Gasteiger partial charge >= 0.3 is 0 Å². The molecule has 2 aliphatic carbocycles. The second-order valence-electron chi connectivity index (χ2n) is 11.9. The lowest BCUT2D eigenvalue weighted by molar-refractivity contribution is -0.141. The molecule has 0 radical (unpaired) electrons. The number of rotatable bonds is 5. The second-order valence-corrected chi connectivity index (χ2v) is 13.1. The summed E-state index contributed by atoms with van der Waals surface area (Å²) in [5.74, 6) is -6.61. The fraction of sp³-hybridized carbons (Fsp3) is 0.294. The highest BCUT2D eigenvalue weighted by Gasteiger charge is 2.77. The number of amides is 4. The quantitative estimate of drug-likeness (QED) is 0.229. The fourth-order valence-electron chi connectivity index (χ4n) is 7.70. The van der Waals surface area contributed by atoms with Crippen molar-refractivity contribution in [2.24, 2.45) is 17.8 Å². The summed E-state index contributed by atoms with van der Waals surface area (Å²) in [4.78, 5) is 54.4. The summed E-state index contributed by atoms with van der Waals surface area (Å²) in [5, 5.41) is 11.2. The van der Waals surface area contributed by atoms with Crippen molar-refractivity contribution in [3.8, 4) is 11.5 Å². The van der Waals surface area contributed by atoms with Crippen LogP contribution in [0.1, 0.15) is 29.9 Å². The lowest BCUT2D eigenvalue weighted by Gasteiger charge is -2.50. The number of hydrogen-bond acceptors (Lipinski definition) is 6. The maximum absolute atomic E-state index is 14.4. The van der Waals surface area contributed by atoms with E-state index in [0.29, 0.717) is 5.57 Å². The Kier molecular flexibility index (Phi) is 6.83. The van der Waals surface area contributed by atoms with Gasteiger partial charge < -0.3 is 9.84 Å². The molecule has 45 heavy (non-hydrogen) atoms. The average Bonchev–Trinajstić information content (AvgIpc) is 3.36. The Morgan fingerprint density at radius 2 is 1.62 bits per heavy atom. The molecule has 2 aliphatic heterocycles. The van der Waals surface area contributed by atoms with Crippen LogP contribution in [0.2, 0.25) is 0 Å². The molecule has 1 N–H and O–H groups in total. The van der Waals surface area contributed by atoms with Gasteiger partial charge in [0.05, 0.1) is 31.2 Å². The number of aromatic hydroxyl groups is 1. The zero-order chi connectivity index (χ0) is 31.8. The highest BCUT2D eigenvalue weighted by atomic mass is 35.5. The van der Waals surface area contributed by atoms with Gasteiger partial charge in [-0.1, -0.05) is 48.0 Å². The third kappa shape index (κ3) is 4.03. The summed E-state index contributed by atoms with van der Waals surface area (Å²) in [5.41, 5.74) is 1.51. The number of likely N-dealkylation sites (tertiary alicyclic amines) is 1. The Bertz CT molecular complexity index is 1800. The fourth-order valence-corrected chi connectivity index (χ4v) is 8.62. The van der Waals surface area contributed by atoms with Gasteiger partial charge in [0.25, 0.3) is 11.8 Å². The molecule has 3 fully saturated rings. The van der Waals surface area contributed by atoms with E-state index in [0.717, 1.165) is 22.6 Å². The standard InChI is InChI=1S/C34H27Cl2FN2O6/c1-45-25-9-5-8-24(40)27(25)28-21-14-15-22-26(30(42)38(29(22)41)17-18-6-3-2-4-7-18)23(21)16-33(35)31(43)39(32(44)34(28,33)36)20-12-10-19(37)11-13-20/h2-14,22-23,26,28,40H,15-17H2,1H3/t22-,23+,26-,28+,33+,34-/m0/s1. The van der Waals surface area contributed by atoms with Crippen LogP contribution in [-0.4, -0.2) is 50.5 Å². The zero-order valence-electron chi connectivity index (χ0n) is 24.0. The van der Waals surface area contributed by atoms with Gasteiger partial charge in [0.15, 0.2) is 9.75 Å². The average molecular weight is 650 g/mol. The third-order valence-electron chi connectivity index (χ3n) is 9.72. The van der Waals surface area contributed by atoms with Gasteiger partial charge in [0.1, 0.15) is 17.3 Å². The smallest absolute Gasteiger partial charge is 0.258 e. The molecular formula is C34H27Cl2FN2O6. The molecule has 4 aliphatic rings. The number of phenols is 1. The topological polar surface area (TPSA) is 104 Å². The zero-order valence-corrected chi connectivity index (χ0v) is 25.5. The van der Waals surface area contributed by atoms with Crippen molar-refractivity contribution in [2.75, 3.05) is 12.0 Å². The molecular weight excluding hydrogens is 622 g/mol. The van der Waals surface area contributed by atoms with Gasteiger partial charge in [-0.25, -0.2) is 9.29 Å². The van der Waals surface area contributed by atoms with E-state index in [4.69, 9.17) is 27.9 Å². The Labute approximate surface area is 268 Å². The molecule has 7 rings (SSSR count). The summed E-state index contributed by atoms with van der Waals surface area (Å²) in [6, 6.07) is 18.5. The molecule has 6 atom stereocenters. The highest BCUT2D eigenvalue weighted by Crippen LogP contribution is 2.67. The number of benzene rings is 3. The number of imide groups is 2. The van der Waals surface area contributed by atoms with Crippen molar-refractivity contribution in [1.29, 1.82) is 0 Å². The van der Waals surface area contributed by atoms with Gasteiger partial charge in [-0.2, -0.15) is 0 Å². The van der Waals surface area contributed by atoms with Gasteiger partial charge in [0, 0.05) is 11.5 Å². The van der Waals surface area contributed by atoms with E-state index in [9.17, 15) is 28.7 Å². The van der Waals surface area contributed by atoms with Crippen molar-refractivity contribution >= 4 is 52.5 Å². The first kappa shape index (κ1) is 29.5. The summed E-state index contributed by atoms with van der Waals surface area (Å²) < 4.78 is 19.4. The van der Waals surface area contributed by atoms with E-state index < -0.39 is 57.0 Å². The summed E-state index contributed by atoms with van der Waals surface area (Å²) in [6.45, 7) is 0.0888. The molecule has 4 amide bonds. The van der Waals surface area contributed by atoms with Crippen LogP contribution >= 0.6 is 23.2 Å². The van der Waals surface area contributed by atoms with Crippen molar-refractivity contribution < 1.29 is 33.4 Å². The Morgan fingerprint density at radius 1 is 0.911 bits per heavy atom. The van der Waals surface area contributed by atoms with Crippen molar-refractivity contribution in [3.05, 3.63) is 101 Å². The van der Waals surface area contributed by atoms with Crippen molar-refractivity contribution in [2.45, 2.75) is 35.1 Å². The van der Waals surface area contributed by atoms with E-state index in [1.807, 2.05) is 30.3 Å². The van der Waals surface area contributed by atoms with E-state index in [-0.39, 0.29) is 48.0 Å². The molecule has 2 heterocycles. The minimum Gasteiger partial charge on any atom is -0.508 e. The van der Waals surface area contributed by atoms with Gasteiger partial charge in [-0.05, 0) is 60.7 Å². The van der Waals surface area contributed by atoms with E-state index in [1.54, 1.807) is 18.2 Å². The van der Waals surface area contributed by atoms with Crippen LogP contribution < -0.4 is 9.64 Å². The van der Waals surface area contributed by atoms with Crippen LogP contribution in [0.3, 0.4) is 0 Å². The molecule has 3 aromatic carbocycles. The summed E-state index contributed by atoms with van der Waals surface area (Å²) in [7, 11) is 1.39. The normalized spacial score (nSPS) is 30.6. The molecule has 0 spiro atoms. The molecule has 0 unspecified atom stereocenters. The number of hydrogen-bond donors (Lipinski definition) is 1. The number of alkyl halides is 2. The first-order chi connectivity index (χ1) is 21.5. The van der Waals surface area contributed by atoms with Gasteiger partial charge in [-0.3, -0.25) is 24.1 Å². The maximum atomic E-state index is 14.4. The van der Waals surface area contributed by atoms with Crippen molar-refractivity contribution in [3.63, 3.8) is 0 Å². The molecule has 3 aromatic rings. The first-order valence-corrected chi connectivity index (χ1v) is 15.3. The van der Waals surface area contributed by atoms with E-state index in [2.05, 4.69) is 0 Å². The van der Waals surface area contributed by atoms with Crippen LogP contribution in [0.4, 0.5) is 10.1 Å². The van der Waals surface area contributed by atoms with Crippen molar-refractivity contribution in [1.82, 2.24) is 4.90 Å². The van der Waals surface area contributed by atoms with Gasteiger partial charge in [-0.15, -0.1) is 23.2 Å². The molecule has 1 saturated carbocycles. The second kappa shape index (κ2) is 10.4. The summed E-state index contributed by atoms with van der Waals surface area (Å²) in [6.07, 6.45) is 1.75. The number of fused-ring (bicyclic) bond motifs is 4. The Hall–Kier alpha value is -4.21. The van der Waals surface area contributed by atoms with Gasteiger partial charge in [0.2, 0.25) is 11.8 Å². The number of phenolic OH excluding ortho intramolecular Hbond substituents is 1. The Morgan fingerprint density at radius 3 is 2.31 bits per heavy atom. The van der Waals surface area contributed by atoms with Crippen LogP contribution in [0, 0.1) is 23.6 Å². The monoisotopic (exact) mass is 648 g/mol. The number of methoxy groups -OCH3 is 1. The highest BCUT2D eigenvalue weighted by molar-refractivity contribution is 6.58. The van der Waals surface area contributed by atoms with E-state index >= 15 is 0 Å². The summed E-state index contributed by atoms with van der Waals surface area (Å²) >= 11 is 14.7. The lowest BCUT2D eigenvalue weighted by Crippen LogP contribution is -2.60. The number of carbonyl (C=O) groups is 4. The van der Waals surface area contributed by atoms with Crippen LogP contribution in [0.15, 0.2) is 84.4 Å². The predicted octanol–water partition coefficient (Wildman–Crippen LogP) is 5.30. The third-order valence-corrected chi connectivity index (χ3v) is 11.1. The largest absolute Gasteiger partial charge is 0.508 e. The predicted molar refractivity (Wildman–Crippen MR) is 163 cm³/mol. The SMILES string of the molecule is COc1cccc(O)c1[C@H]1C2=CC[C@@H]3C(=O)N(Cc4ccccc4)C(=O)[C@@H]3[C@@H]2C[C@@]2(Cl)C(=O)N(c3ccc(F)cc3)C(=O)[C@@]12Cl. The maximum Gasteiger partial charge on any atom is 0.258 e. The van der Waals surface area contributed by atoms with Crippen LogP contribution in [-0.2, 0) is 25.7 Å². The molecule has 0 bridgehead atoms. The minimum absolute atomic E-state index is 0.0693. The molecule has 230 valence electrons. The minimum atomic E-state index is -2.18. The Balaban J connectivity index is 1.40. The number of ether oxygens (including phenoxy) is 1. The number of halogens is 3. The lowest BCUT2D eigenvalue weighted by atomic mass is 9.56. The van der Waals surface area contributed by atoms with Crippen LogP contribution in [0.25, 0.3) is 0 Å². The number of allylic oxidation sites excluding steroid dienone is 2.